The molecule has 1 aromatic heterocycles. The number of nitrogens with one attached hydrogen (secondary N) is 1. The molecule has 1 amide bonds. The third-order valence-electron chi connectivity index (χ3n) is 3.32. The number of carbonyl (C=O) groups is 1. The van der Waals surface area contributed by atoms with Crippen LogP contribution in [0.4, 0.5) is 0 Å². The van der Waals surface area contributed by atoms with Gasteiger partial charge in [-0.05, 0) is 28.8 Å². The van der Waals surface area contributed by atoms with Gasteiger partial charge in [0, 0.05) is 18.9 Å². The number of amides is 1. The number of hydrogen-bond donors (Lipinski definition) is 2. The van der Waals surface area contributed by atoms with Crippen LogP contribution in [0.25, 0.3) is 0 Å². The third kappa shape index (κ3) is 4.40. The fourth-order valence-corrected chi connectivity index (χ4v) is 2.14. The second-order valence-corrected chi connectivity index (χ2v) is 4.88. The Hall–Kier alpha value is -2.71. The Bertz CT molecular complexity index is 665. The van der Waals surface area contributed by atoms with E-state index in [-0.39, 0.29) is 25.3 Å². The average molecular weight is 295 g/mol. The number of nitriles is 1. The fraction of sp³-hybridized carbons (Fsp3) is 0.235. The van der Waals surface area contributed by atoms with Crippen molar-refractivity contribution < 1.29 is 9.90 Å². The molecule has 0 bridgehead atoms. The molecule has 0 radical (unpaired) electrons. The molecule has 0 spiro atoms. The zero-order valence-corrected chi connectivity index (χ0v) is 12.1. The molecule has 0 fully saturated rings. The summed E-state index contributed by atoms with van der Waals surface area (Å²) in [7, 11) is 0. The van der Waals surface area contributed by atoms with Crippen molar-refractivity contribution >= 4 is 5.91 Å². The molecule has 1 heterocycles. The van der Waals surface area contributed by atoms with Crippen molar-refractivity contribution in [1.29, 1.82) is 5.26 Å². The minimum Gasteiger partial charge on any atom is -0.387 e. The number of benzene rings is 1. The molecule has 0 aliphatic rings. The van der Waals surface area contributed by atoms with E-state index in [0.717, 1.165) is 11.1 Å². The first-order chi connectivity index (χ1) is 10.7. The van der Waals surface area contributed by atoms with Gasteiger partial charge < -0.3 is 10.4 Å². The van der Waals surface area contributed by atoms with Crippen LogP contribution in [0.15, 0.2) is 48.8 Å². The Kier molecular flexibility index (Phi) is 5.64. The summed E-state index contributed by atoms with van der Waals surface area (Å²) in [6.07, 6.45) is 2.91. The predicted octanol–water partition coefficient (Wildman–Crippen LogP) is 1.54. The molecule has 2 N–H and O–H groups in total. The minimum absolute atomic E-state index is 0.142. The van der Waals surface area contributed by atoms with Crippen LogP contribution in [0.2, 0.25) is 0 Å². The number of aromatic nitrogens is 1. The molecule has 5 heteroatoms. The molecule has 22 heavy (non-hydrogen) atoms. The highest BCUT2D eigenvalue weighted by atomic mass is 16.3. The molecular formula is C17H17N3O2. The van der Waals surface area contributed by atoms with Gasteiger partial charge in [-0.15, -0.1) is 0 Å². The van der Waals surface area contributed by atoms with Crippen molar-refractivity contribution in [3.8, 4) is 6.07 Å². The van der Waals surface area contributed by atoms with Gasteiger partial charge in [-0.1, -0.05) is 24.3 Å². The molecule has 112 valence electrons. The van der Waals surface area contributed by atoms with Crippen LogP contribution in [0, 0.1) is 11.3 Å². The van der Waals surface area contributed by atoms with E-state index in [1.807, 2.05) is 24.3 Å². The van der Waals surface area contributed by atoms with Crippen LogP contribution in [0.1, 0.15) is 22.8 Å². The van der Waals surface area contributed by atoms with Gasteiger partial charge in [-0.3, -0.25) is 9.78 Å². The summed E-state index contributed by atoms with van der Waals surface area (Å²) in [6, 6.07) is 12.9. The molecule has 2 aromatic rings. The normalized spacial score (nSPS) is 11.5. The molecule has 0 aliphatic heterocycles. The number of rotatable bonds is 6. The van der Waals surface area contributed by atoms with Crippen molar-refractivity contribution in [3.05, 3.63) is 65.5 Å². The molecular weight excluding hydrogens is 278 g/mol. The average Bonchev–Trinajstić information content (AvgIpc) is 2.55. The van der Waals surface area contributed by atoms with E-state index in [4.69, 9.17) is 5.26 Å². The highest BCUT2D eigenvalue weighted by Gasteiger charge is 2.11. The highest BCUT2D eigenvalue weighted by molar-refractivity contribution is 5.79. The Morgan fingerprint density at radius 2 is 1.91 bits per heavy atom. The predicted molar refractivity (Wildman–Crippen MR) is 81.7 cm³/mol. The number of nitrogens with zero attached hydrogens (tertiary/aromatic N) is 2. The zero-order chi connectivity index (χ0) is 15.8. The molecule has 0 aliphatic carbocycles. The van der Waals surface area contributed by atoms with Gasteiger partial charge in [-0.2, -0.15) is 5.26 Å². The standard InChI is InChI=1S/C17H17N3O2/c18-8-5-13-3-1-2-4-15(13)11-17(22)20-12-16(21)14-6-9-19-10-7-14/h1-4,6-7,9-10,16,21H,5,11-12H2,(H,20,22). The van der Waals surface area contributed by atoms with Crippen LogP contribution in [0.3, 0.4) is 0 Å². The summed E-state index contributed by atoms with van der Waals surface area (Å²) >= 11 is 0. The molecule has 0 saturated carbocycles. The lowest BCUT2D eigenvalue weighted by Gasteiger charge is -2.12. The summed E-state index contributed by atoms with van der Waals surface area (Å²) in [5, 5.41) is 21.5. The lowest BCUT2D eigenvalue weighted by molar-refractivity contribution is -0.120. The van der Waals surface area contributed by atoms with Crippen LogP contribution in [-0.4, -0.2) is 22.5 Å². The zero-order valence-electron chi connectivity index (χ0n) is 12.1. The van der Waals surface area contributed by atoms with E-state index < -0.39 is 6.10 Å². The first-order valence-corrected chi connectivity index (χ1v) is 6.99. The quantitative estimate of drug-likeness (QED) is 0.846. The van der Waals surface area contributed by atoms with Crippen molar-refractivity contribution in [2.45, 2.75) is 18.9 Å². The summed E-state index contributed by atoms with van der Waals surface area (Å²) in [5.74, 6) is -0.182. The Balaban J connectivity index is 1.90. The topological polar surface area (TPSA) is 86.0 Å². The van der Waals surface area contributed by atoms with Crippen molar-refractivity contribution in [3.63, 3.8) is 0 Å². The van der Waals surface area contributed by atoms with Gasteiger partial charge in [0.05, 0.1) is 25.0 Å². The molecule has 1 atom stereocenters. The van der Waals surface area contributed by atoms with Gasteiger partial charge in [0.25, 0.3) is 0 Å². The lowest BCUT2D eigenvalue weighted by Crippen LogP contribution is -2.29. The lowest BCUT2D eigenvalue weighted by atomic mass is 10.0. The molecule has 1 unspecified atom stereocenters. The smallest absolute Gasteiger partial charge is 0.224 e. The van der Waals surface area contributed by atoms with E-state index in [9.17, 15) is 9.90 Å². The maximum Gasteiger partial charge on any atom is 0.224 e. The molecule has 0 saturated heterocycles. The van der Waals surface area contributed by atoms with Crippen molar-refractivity contribution in [2.75, 3.05) is 6.54 Å². The first kappa shape index (κ1) is 15.7. The number of aliphatic hydroxyl groups excluding tert-OH is 1. The monoisotopic (exact) mass is 295 g/mol. The van der Waals surface area contributed by atoms with Crippen LogP contribution >= 0.6 is 0 Å². The minimum atomic E-state index is -0.763. The SMILES string of the molecule is N#CCc1ccccc1CC(=O)NCC(O)c1ccncc1. The number of pyridine rings is 1. The summed E-state index contributed by atoms with van der Waals surface area (Å²) in [5.41, 5.74) is 2.40. The third-order valence-corrected chi connectivity index (χ3v) is 3.32. The number of hydrogen-bond acceptors (Lipinski definition) is 4. The maximum absolute atomic E-state index is 12.0. The summed E-state index contributed by atoms with van der Waals surface area (Å²) in [4.78, 5) is 15.9. The van der Waals surface area contributed by atoms with E-state index in [2.05, 4.69) is 16.4 Å². The molecule has 1 aromatic carbocycles. The largest absolute Gasteiger partial charge is 0.387 e. The first-order valence-electron chi connectivity index (χ1n) is 6.99. The number of carbonyl (C=O) groups excluding carboxylic acids is 1. The van der Waals surface area contributed by atoms with E-state index in [0.29, 0.717) is 5.56 Å². The highest BCUT2D eigenvalue weighted by Crippen LogP contribution is 2.11. The number of aliphatic hydroxyl groups is 1. The van der Waals surface area contributed by atoms with Gasteiger partial charge in [0.2, 0.25) is 5.91 Å². The Labute approximate surface area is 129 Å². The van der Waals surface area contributed by atoms with E-state index in [1.165, 1.54) is 0 Å². The van der Waals surface area contributed by atoms with Gasteiger partial charge in [0.15, 0.2) is 0 Å². The summed E-state index contributed by atoms with van der Waals surface area (Å²) < 4.78 is 0. The fourth-order valence-electron chi connectivity index (χ4n) is 2.14. The van der Waals surface area contributed by atoms with Crippen LogP contribution in [0.5, 0.6) is 0 Å². The van der Waals surface area contributed by atoms with Crippen LogP contribution < -0.4 is 5.32 Å². The Morgan fingerprint density at radius 3 is 2.59 bits per heavy atom. The van der Waals surface area contributed by atoms with Crippen LogP contribution in [-0.2, 0) is 17.6 Å². The summed E-state index contributed by atoms with van der Waals surface area (Å²) in [6.45, 7) is 0.142. The van der Waals surface area contributed by atoms with Crippen molar-refractivity contribution in [2.24, 2.45) is 0 Å². The second-order valence-electron chi connectivity index (χ2n) is 4.88. The van der Waals surface area contributed by atoms with E-state index >= 15 is 0 Å². The Morgan fingerprint density at radius 1 is 1.23 bits per heavy atom. The maximum atomic E-state index is 12.0. The van der Waals surface area contributed by atoms with Gasteiger partial charge >= 0.3 is 0 Å². The van der Waals surface area contributed by atoms with Crippen molar-refractivity contribution in [1.82, 2.24) is 10.3 Å². The second kappa shape index (κ2) is 7.91. The molecule has 2 rings (SSSR count). The van der Waals surface area contributed by atoms with E-state index in [1.54, 1.807) is 24.5 Å². The van der Waals surface area contributed by atoms with Gasteiger partial charge in [-0.25, -0.2) is 0 Å². The molecule has 5 nitrogen and oxygen atoms in total. The van der Waals surface area contributed by atoms with Gasteiger partial charge in [0.1, 0.15) is 0 Å².